The number of hydrogen-bond acceptors (Lipinski definition) is 3. The standard InChI is InChI=1S/C11H12N2OS/c1-15-10-4-2-8(3-5-10)11(14)9-6-12-13-7-9/h2-7,11,14H,1H3,(H,12,13). The zero-order valence-corrected chi connectivity index (χ0v) is 9.16. The first-order valence-electron chi connectivity index (χ1n) is 4.62. The van der Waals surface area contributed by atoms with Gasteiger partial charge in [-0.15, -0.1) is 11.8 Å². The van der Waals surface area contributed by atoms with Crippen LogP contribution >= 0.6 is 11.8 Å². The quantitative estimate of drug-likeness (QED) is 0.780. The largest absolute Gasteiger partial charge is 0.384 e. The smallest absolute Gasteiger partial charge is 0.107 e. The summed E-state index contributed by atoms with van der Waals surface area (Å²) >= 11 is 1.69. The molecule has 0 saturated heterocycles. The second kappa shape index (κ2) is 4.51. The van der Waals surface area contributed by atoms with Gasteiger partial charge in [-0.1, -0.05) is 12.1 Å². The molecule has 2 rings (SSSR count). The number of aromatic amines is 1. The number of rotatable bonds is 3. The third-order valence-electron chi connectivity index (χ3n) is 2.27. The van der Waals surface area contributed by atoms with E-state index in [0.717, 1.165) is 11.1 Å². The summed E-state index contributed by atoms with van der Waals surface area (Å²) in [4.78, 5) is 1.19. The predicted octanol–water partition coefficient (Wildman–Crippen LogP) is 2.21. The minimum Gasteiger partial charge on any atom is -0.384 e. The number of aliphatic hydroxyl groups is 1. The molecule has 0 aliphatic heterocycles. The number of nitrogens with zero attached hydrogens (tertiary/aromatic N) is 1. The van der Waals surface area contributed by atoms with E-state index in [2.05, 4.69) is 10.2 Å². The first-order valence-corrected chi connectivity index (χ1v) is 5.84. The van der Waals surface area contributed by atoms with E-state index in [1.165, 1.54) is 4.90 Å². The molecular weight excluding hydrogens is 208 g/mol. The van der Waals surface area contributed by atoms with Gasteiger partial charge in [0.15, 0.2) is 0 Å². The van der Waals surface area contributed by atoms with Gasteiger partial charge in [0.1, 0.15) is 6.10 Å². The van der Waals surface area contributed by atoms with Gasteiger partial charge in [-0.05, 0) is 24.0 Å². The fraction of sp³-hybridized carbons (Fsp3) is 0.182. The maximum atomic E-state index is 9.98. The Morgan fingerprint density at radius 1 is 1.27 bits per heavy atom. The lowest BCUT2D eigenvalue weighted by Gasteiger charge is -2.08. The average molecular weight is 220 g/mol. The maximum Gasteiger partial charge on any atom is 0.107 e. The van der Waals surface area contributed by atoms with Crippen molar-refractivity contribution in [3.05, 3.63) is 47.8 Å². The SMILES string of the molecule is CSc1ccc(C(O)c2cn[nH]c2)cc1. The molecular formula is C11H12N2OS. The molecule has 2 N–H and O–H groups in total. The number of aromatic nitrogens is 2. The van der Waals surface area contributed by atoms with Crippen LogP contribution in [0.2, 0.25) is 0 Å². The number of benzene rings is 1. The molecule has 1 heterocycles. The highest BCUT2D eigenvalue weighted by molar-refractivity contribution is 7.98. The zero-order valence-electron chi connectivity index (χ0n) is 8.34. The summed E-state index contributed by atoms with van der Waals surface area (Å²) in [7, 11) is 0. The minimum atomic E-state index is -0.598. The summed E-state index contributed by atoms with van der Waals surface area (Å²) in [5, 5.41) is 16.5. The van der Waals surface area contributed by atoms with Gasteiger partial charge in [-0.2, -0.15) is 5.10 Å². The summed E-state index contributed by atoms with van der Waals surface area (Å²) in [6, 6.07) is 7.87. The third kappa shape index (κ3) is 2.22. The summed E-state index contributed by atoms with van der Waals surface area (Å²) in [6.07, 6.45) is 4.77. The molecule has 15 heavy (non-hydrogen) atoms. The van der Waals surface area contributed by atoms with E-state index >= 15 is 0 Å². The van der Waals surface area contributed by atoms with Gasteiger partial charge in [0.2, 0.25) is 0 Å². The highest BCUT2D eigenvalue weighted by Gasteiger charge is 2.10. The van der Waals surface area contributed by atoms with Crippen molar-refractivity contribution >= 4 is 11.8 Å². The molecule has 1 aromatic carbocycles. The Morgan fingerprint density at radius 3 is 2.53 bits per heavy atom. The van der Waals surface area contributed by atoms with Gasteiger partial charge in [-0.25, -0.2) is 0 Å². The second-order valence-corrected chi connectivity index (χ2v) is 4.09. The lowest BCUT2D eigenvalue weighted by atomic mass is 10.1. The number of thioether (sulfide) groups is 1. The van der Waals surface area contributed by atoms with Crippen LogP contribution in [0.25, 0.3) is 0 Å². The van der Waals surface area contributed by atoms with Crippen molar-refractivity contribution in [2.24, 2.45) is 0 Å². The average Bonchev–Trinajstić information content (AvgIpc) is 2.82. The van der Waals surface area contributed by atoms with Gasteiger partial charge < -0.3 is 5.11 Å². The van der Waals surface area contributed by atoms with Crippen LogP contribution in [0.4, 0.5) is 0 Å². The van der Waals surface area contributed by atoms with E-state index in [4.69, 9.17) is 0 Å². The number of H-pyrrole nitrogens is 1. The fourth-order valence-electron chi connectivity index (χ4n) is 1.39. The maximum absolute atomic E-state index is 9.98. The summed E-state index contributed by atoms with van der Waals surface area (Å²) in [5.74, 6) is 0. The summed E-state index contributed by atoms with van der Waals surface area (Å²) in [6.45, 7) is 0. The van der Waals surface area contributed by atoms with Gasteiger partial charge in [0.05, 0.1) is 6.20 Å². The van der Waals surface area contributed by atoms with Crippen molar-refractivity contribution in [1.29, 1.82) is 0 Å². The summed E-state index contributed by atoms with van der Waals surface area (Å²) < 4.78 is 0. The number of aliphatic hydroxyl groups excluding tert-OH is 1. The van der Waals surface area contributed by atoms with Crippen LogP contribution in [0.1, 0.15) is 17.2 Å². The van der Waals surface area contributed by atoms with E-state index in [1.54, 1.807) is 24.2 Å². The highest BCUT2D eigenvalue weighted by atomic mass is 32.2. The molecule has 4 heteroatoms. The first kappa shape index (κ1) is 10.3. The molecule has 1 aromatic heterocycles. The molecule has 0 saturated carbocycles. The Labute approximate surface area is 92.5 Å². The minimum absolute atomic E-state index is 0.598. The molecule has 2 aromatic rings. The van der Waals surface area contributed by atoms with Crippen LogP contribution in [0, 0.1) is 0 Å². The van der Waals surface area contributed by atoms with E-state index in [1.807, 2.05) is 30.5 Å². The Balaban J connectivity index is 2.22. The molecule has 0 aliphatic carbocycles. The molecule has 1 unspecified atom stereocenters. The molecule has 0 spiro atoms. The molecule has 0 aliphatic rings. The molecule has 78 valence electrons. The molecule has 1 atom stereocenters. The topological polar surface area (TPSA) is 48.9 Å². The fourth-order valence-corrected chi connectivity index (χ4v) is 1.80. The monoisotopic (exact) mass is 220 g/mol. The Hall–Kier alpha value is -1.26. The van der Waals surface area contributed by atoms with Crippen LogP contribution in [-0.4, -0.2) is 21.6 Å². The van der Waals surface area contributed by atoms with E-state index < -0.39 is 6.10 Å². The normalized spacial score (nSPS) is 12.7. The zero-order chi connectivity index (χ0) is 10.7. The first-order chi connectivity index (χ1) is 7.31. The van der Waals surface area contributed by atoms with E-state index in [-0.39, 0.29) is 0 Å². The van der Waals surface area contributed by atoms with Crippen LogP contribution in [-0.2, 0) is 0 Å². The summed E-state index contributed by atoms with van der Waals surface area (Å²) in [5.41, 5.74) is 1.67. The Kier molecular flexibility index (Phi) is 3.08. The Bertz CT molecular complexity index is 411. The van der Waals surface area contributed by atoms with Gasteiger partial charge in [-0.3, -0.25) is 5.10 Å². The van der Waals surface area contributed by atoms with Crippen LogP contribution in [0.3, 0.4) is 0 Å². The molecule has 0 fully saturated rings. The van der Waals surface area contributed by atoms with Crippen molar-refractivity contribution in [2.75, 3.05) is 6.26 Å². The number of nitrogens with one attached hydrogen (secondary N) is 1. The lowest BCUT2D eigenvalue weighted by molar-refractivity contribution is 0.220. The highest BCUT2D eigenvalue weighted by Crippen LogP contribution is 2.23. The van der Waals surface area contributed by atoms with E-state index in [9.17, 15) is 5.11 Å². The van der Waals surface area contributed by atoms with Crippen molar-refractivity contribution in [1.82, 2.24) is 10.2 Å². The van der Waals surface area contributed by atoms with Gasteiger partial charge in [0.25, 0.3) is 0 Å². The van der Waals surface area contributed by atoms with Crippen molar-refractivity contribution in [3.63, 3.8) is 0 Å². The lowest BCUT2D eigenvalue weighted by Crippen LogP contribution is -1.97. The van der Waals surface area contributed by atoms with Crippen LogP contribution < -0.4 is 0 Å². The van der Waals surface area contributed by atoms with Crippen molar-refractivity contribution < 1.29 is 5.11 Å². The molecule has 0 radical (unpaired) electrons. The molecule has 3 nitrogen and oxygen atoms in total. The van der Waals surface area contributed by atoms with Crippen molar-refractivity contribution in [2.45, 2.75) is 11.0 Å². The van der Waals surface area contributed by atoms with Crippen LogP contribution in [0.15, 0.2) is 41.6 Å². The van der Waals surface area contributed by atoms with Crippen molar-refractivity contribution in [3.8, 4) is 0 Å². The van der Waals surface area contributed by atoms with E-state index in [0.29, 0.717) is 0 Å². The van der Waals surface area contributed by atoms with Crippen LogP contribution in [0.5, 0.6) is 0 Å². The number of hydrogen-bond donors (Lipinski definition) is 2. The predicted molar refractivity (Wildman–Crippen MR) is 60.9 cm³/mol. The molecule has 0 bridgehead atoms. The second-order valence-electron chi connectivity index (χ2n) is 3.21. The molecule has 0 amide bonds. The third-order valence-corrected chi connectivity index (χ3v) is 3.01. The van der Waals surface area contributed by atoms with Gasteiger partial charge in [0, 0.05) is 16.7 Å². The Morgan fingerprint density at radius 2 is 2.00 bits per heavy atom. The van der Waals surface area contributed by atoms with Gasteiger partial charge >= 0.3 is 0 Å².